The number of carbonyl (C=O) groups is 1. The monoisotopic (exact) mass is 363 g/mol. The second-order valence-corrected chi connectivity index (χ2v) is 4.81. The number of para-hydroxylation sites is 1. The summed E-state index contributed by atoms with van der Waals surface area (Å²) in [6, 6.07) is 6.02. The zero-order valence-corrected chi connectivity index (χ0v) is 15.1. The number of fused-ring (bicyclic) bond motifs is 1. The van der Waals surface area contributed by atoms with Gasteiger partial charge in [-0.05, 0) is 18.6 Å². The molecule has 0 saturated heterocycles. The van der Waals surface area contributed by atoms with Crippen LogP contribution in [0.2, 0.25) is 0 Å². The number of nitrogens with one attached hydrogen (secondary N) is 1. The molecule has 0 amide bonds. The van der Waals surface area contributed by atoms with Crippen molar-refractivity contribution in [1.82, 2.24) is 9.55 Å². The smallest absolute Gasteiger partial charge is 0.305 e. The van der Waals surface area contributed by atoms with Gasteiger partial charge in [-0.2, -0.15) is 6.42 Å². The first-order valence-electron chi connectivity index (χ1n) is 6.84. The first-order valence-corrected chi connectivity index (χ1v) is 6.84. The van der Waals surface area contributed by atoms with Crippen molar-refractivity contribution >= 4 is 23.0 Å². The molecule has 2 aromatic rings. The summed E-state index contributed by atoms with van der Waals surface area (Å²) in [5, 5.41) is 11.8. The Morgan fingerprint density at radius 1 is 1.48 bits per heavy atom. The van der Waals surface area contributed by atoms with Gasteiger partial charge >= 0.3 is 5.97 Å². The number of benzene rings is 1. The number of aliphatic carboxylic acids is 1. The summed E-state index contributed by atoms with van der Waals surface area (Å²) in [6.07, 6.45) is 1.91. The molecule has 6 heteroatoms. The van der Waals surface area contributed by atoms with Crippen molar-refractivity contribution in [3.63, 3.8) is 0 Å². The molecule has 0 saturated carbocycles. The van der Waals surface area contributed by atoms with Gasteiger partial charge in [-0.1, -0.05) is 18.6 Å². The van der Waals surface area contributed by atoms with Crippen molar-refractivity contribution in [3.8, 4) is 0 Å². The van der Waals surface area contributed by atoms with Crippen LogP contribution in [0.25, 0.3) is 11.0 Å². The molecule has 1 aromatic heterocycles. The fourth-order valence-electron chi connectivity index (χ4n) is 2.27. The molecule has 1 radical (unpaired) electrons. The average molecular weight is 363 g/mol. The Morgan fingerprint density at radius 2 is 2.24 bits per heavy atom. The molecule has 0 spiro atoms. The first kappa shape index (κ1) is 18.1. The number of carboxylic acid groups (broad SMARTS) is 1. The molecule has 21 heavy (non-hydrogen) atoms. The fraction of sp³-hybridized carbons (Fsp3) is 0.400. The molecule has 0 aliphatic heterocycles. The quantitative estimate of drug-likeness (QED) is 0.743. The third-order valence-corrected chi connectivity index (χ3v) is 3.22. The Labute approximate surface area is 150 Å². The molecule has 5 nitrogen and oxygen atoms in total. The van der Waals surface area contributed by atoms with Crippen LogP contribution in [0, 0.1) is 13.8 Å². The Kier molecular flexibility index (Phi) is 7.33. The normalized spacial score (nSPS) is 10.4. The Morgan fingerprint density at radius 3 is 2.90 bits per heavy atom. The fourth-order valence-corrected chi connectivity index (χ4v) is 2.27. The van der Waals surface area contributed by atoms with Gasteiger partial charge in [-0.15, -0.1) is 0 Å². The molecule has 111 valence electrons. The number of carboxylic acids is 1. The minimum absolute atomic E-state index is 0. The maximum absolute atomic E-state index is 10.6. The van der Waals surface area contributed by atoms with Crippen molar-refractivity contribution in [3.05, 3.63) is 30.7 Å². The second kappa shape index (κ2) is 8.49. The summed E-state index contributed by atoms with van der Waals surface area (Å²) in [5.41, 5.74) is 3.22. The van der Waals surface area contributed by atoms with Crippen LogP contribution in [0.15, 0.2) is 18.2 Å². The summed E-state index contributed by atoms with van der Waals surface area (Å²) in [5.74, 6) is -0.0712. The molecule has 1 aromatic carbocycles. The summed E-state index contributed by atoms with van der Waals surface area (Å²) in [4.78, 5) is 15.2. The molecule has 0 atom stereocenters. The van der Waals surface area contributed by atoms with E-state index >= 15 is 0 Å². The molecular weight excluding hydrogens is 343 g/mol. The summed E-state index contributed by atoms with van der Waals surface area (Å²) < 4.78 is 2.12. The summed E-state index contributed by atoms with van der Waals surface area (Å²) in [7, 11) is 0. The number of aromatic nitrogens is 2. The van der Waals surface area contributed by atoms with Crippen LogP contribution in [-0.4, -0.2) is 27.2 Å². The molecule has 2 rings (SSSR count). The minimum atomic E-state index is -0.811. The topological polar surface area (TPSA) is 67.2 Å². The van der Waals surface area contributed by atoms with E-state index in [0.717, 1.165) is 36.4 Å². The summed E-state index contributed by atoms with van der Waals surface area (Å²) in [6.45, 7) is 7.14. The van der Waals surface area contributed by atoms with Crippen LogP contribution >= 0.6 is 0 Å². The largest absolute Gasteiger partial charge is 0.481 e. The molecule has 1 heterocycles. The van der Waals surface area contributed by atoms with Gasteiger partial charge in [0.25, 0.3) is 0 Å². The predicted octanol–water partition coefficient (Wildman–Crippen LogP) is 2.84. The van der Waals surface area contributed by atoms with Gasteiger partial charge < -0.3 is 21.9 Å². The molecule has 2 N–H and O–H groups in total. The van der Waals surface area contributed by atoms with Crippen LogP contribution < -0.4 is 5.32 Å². The number of rotatable bonds is 7. The predicted molar refractivity (Wildman–Crippen MR) is 79.8 cm³/mol. The molecule has 0 aliphatic rings. The molecule has 0 bridgehead atoms. The second-order valence-electron chi connectivity index (χ2n) is 4.81. The SMILES string of the molecule is [CH2-]CCCn1c(NCCC(=O)O)nc2cccc(C)c21.[Y]. The van der Waals surface area contributed by atoms with E-state index in [-0.39, 0.29) is 39.1 Å². The van der Waals surface area contributed by atoms with Gasteiger partial charge in [-0.3, -0.25) is 4.79 Å². The molecule has 0 unspecified atom stereocenters. The maximum Gasteiger partial charge on any atom is 0.305 e. The Balaban J connectivity index is 0.00000220. The number of imidazole rings is 1. The van der Waals surface area contributed by atoms with Crippen LogP contribution in [0.4, 0.5) is 5.95 Å². The zero-order chi connectivity index (χ0) is 14.5. The van der Waals surface area contributed by atoms with E-state index in [2.05, 4.69) is 34.8 Å². The molecule has 0 aliphatic carbocycles. The van der Waals surface area contributed by atoms with Gasteiger partial charge in [-0.25, -0.2) is 4.98 Å². The zero-order valence-electron chi connectivity index (χ0n) is 12.3. The van der Waals surface area contributed by atoms with Gasteiger partial charge in [0.05, 0.1) is 17.5 Å². The number of aryl methyl sites for hydroxylation is 2. The number of anilines is 1. The van der Waals surface area contributed by atoms with E-state index < -0.39 is 5.97 Å². The number of hydrogen-bond donors (Lipinski definition) is 2. The van der Waals surface area contributed by atoms with Gasteiger partial charge in [0.2, 0.25) is 5.95 Å². The van der Waals surface area contributed by atoms with Gasteiger partial charge in [0, 0.05) is 45.8 Å². The van der Waals surface area contributed by atoms with Crippen molar-refractivity contribution in [2.75, 3.05) is 11.9 Å². The van der Waals surface area contributed by atoms with Crippen molar-refractivity contribution in [2.45, 2.75) is 32.7 Å². The Hall–Kier alpha value is -0.936. The number of hydrogen-bond acceptors (Lipinski definition) is 3. The third-order valence-electron chi connectivity index (χ3n) is 3.22. The van der Waals surface area contributed by atoms with Gasteiger partial charge in [0.15, 0.2) is 0 Å². The standard InChI is InChI=1S/C15H20N3O2.Y/c1-3-4-10-18-14-11(2)6-5-7-12(14)17-15(18)16-9-8-13(19)20;/h5-7H,1,3-4,8-10H2,2H3,(H,16,17)(H,19,20);/q-1;. The van der Waals surface area contributed by atoms with E-state index in [1.54, 1.807) is 0 Å². The van der Waals surface area contributed by atoms with Crippen LogP contribution in [0.5, 0.6) is 0 Å². The number of unbranched alkanes of at least 4 members (excludes halogenated alkanes) is 1. The molecular formula is C15H20N3O2Y-. The Bertz CT molecular complexity index is 610. The maximum atomic E-state index is 10.6. The van der Waals surface area contributed by atoms with E-state index in [0.29, 0.717) is 6.54 Å². The number of nitrogens with zero attached hydrogens (tertiary/aromatic N) is 2. The van der Waals surface area contributed by atoms with Crippen molar-refractivity contribution in [2.24, 2.45) is 0 Å². The third kappa shape index (κ3) is 4.51. The first-order chi connectivity index (χ1) is 9.63. The summed E-state index contributed by atoms with van der Waals surface area (Å²) >= 11 is 0. The minimum Gasteiger partial charge on any atom is -0.481 e. The van der Waals surface area contributed by atoms with E-state index in [1.165, 1.54) is 5.56 Å². The van der Waals surface area contributed by atoms with Crippen molar-refractivity contribution < 1.29 is 42.6 Å². The van der Waals surface area contributed by atoms with Crippen LogP contribution in [0.1, 0.15) is 24.8 Å². The molecule has 0 fully saturated rings. The average Bonchev–Trinajstić information content (AvgIpc) is 2.75. The van der Waals surface area contributed by atoms with Crippen LogP contribution in [-0.2, 0) is 44.0 Å². The van der Waals surface area contributed by atoms with Crippen LogP contribution in [0.3, 0.4) is 0 Å². The van der Waals surface area contributed by atoms with Gasteiger partial charge in [0.1, 0.15) is 0 Å². The van der Waals surface area contributed by atoms with E-state index in [1.807, 2.05) is 12.1 Å². The van der Waals surface area contributed by atoms with E-state index in [4.69, 9.17) is 5.11 Å². The van der Waals surface area contributed by atoms with Crippen molar-refractivity contribution in [1.29, 1.82) is 0 Å². The van der Waals surface area contributed by atoms with E-state index in [9.17, 15) is 4.79 Å².